The smallest absolute Gasteiger partial charge is 0.233 e. The van der Waals surface area contributed by atoms with Gasteiger partial charge in [0.05, 0.1) is 10.9 Å². The zero-order chi connectivity index (χ0) is 18.7. The van der Waals surface area contributed by atoms with Crippen LogP contribution in [0.2, 0.25) is 0 Å². The first-order valence-corrected chi connectivity index (χ1v) is 10.2. The molecule has 0 radical (unpaired) electrons. The SMILES string of the molecule is Cc1ccccc1-n1nnnc1S[C@H](C)C(=O)N[C@@H]1CCC[C@H](C)[C@@H]1C. The van der Waals surface area contributed by atoms with E-state index in [0.717, 1.165) is 17.7 Å². The van der Waals surface area contributed by atoms with Crippen molar-refractivity contribution in [3.63, 3.8) is 0 Å². The summed E-state index contributed by atoms with van der Waals surface area (Å²) in [5, 5.41) is 15.6. The van der Waals surface area contributed by atoms with Gasteiger partial charge in [-0.1, -0.05) is 56.7 Å². The number of hydrogen-bond acceptors (Lipinski definition) is 5. The molecule has 26 heavy (non-hydrogen) atoms. The Morgan fingerprint density at radius 1 is 1.31 bits per heavy atom. The lowest BCUT2D eigenvalue weighted by Gasteiger charge is -2.35. The van der Waals surface area contributed by atoms with Gasteiger partial charge in [-0.05, 0) is 54.2 Å². The highest BCUT2D eigenvalue weighted by Crippen LogP contribution is 2.30. The van der Waals surface area contributed by atoms with Gasteiger partial charge in [0.2, 0.25) is 11.1 Å². The first kappa shape index (κ1) is 18.9. The number of aryl methyl sites for hydroxylation is 1. The first-order valence-electron chi connectivity index (χ1n) is 9.28. The zero-order valence-electron chi connectivity index (χ0n) is 15.8. The van der Waals surface area contributed by atoms with Crippen molar-refractivity contribution >= 4 is 17.7 Å². The molecule has 1 aromatic carbocycles. The number of tetrazole rings is 1. The van der Waals surface area contributed by atoms with Gasteiger partial charge in [-0.25, -0.2) is 0 Å². The Bertz CT molecular complexity index is 762. The molecule has 7 heteroatoms. The molecule has 1 N–H and O–H groups in total. The summed E-state index contributed by atoms with van der Waals surface area (Å²) >= 11 is 1.39. The zero-order valence-corrected chi connectivity index (χ0v) is 16.7. The van der Waals surface area contributed by atoms with Gasteiger partial charge in [-0.2, -0.15) is 4.68 Å². The average Bonchev–Trinajstić information content (AvgIpc) is 3.07. The number of hydrogen-bond donors (Lipinski definition) is 1. The Kier molecular flexibility index (Phi) is 5.96. The Morgan fingerprint density at radius 2 is 2.08 bits per heavy atom. The molecule has 6 nitrogen and oxygen atoms in total. The highest BCUT2D eigenvalue weighted by Gasteiger charge is 2.30. The molecule has 3 rings (SSSR count). The number of rotatable bonds is 5. The van der Waals surface area contributed by atoms with Crippen molar-refractivity contribution in [2.75, 3.05) is 0 Å². The van der Waals surface area contributed by atoms with E-state index in [1.165, 1.54) is 24.6 Å². The summed E-state index contributed by atoms with van der Waals surface area (Å²) in [7, 11) is 0. The van der Waals surface area contributed by atoms with Crippen LogP contribution in [0, 0.1) is 18.8 Å². The van der Waals surface area contributed by atoms with Gasteiger partial charge in [0.25, 0.3) is 0 Å². The monoisotopic (exact) mass is 373 g/mol. The predicted octanol–water partition coefficient (Wildman–Crippen LogP) is 3.39. The molecule has 1 fully saturated rings. The maximum Gasteiger partial charge on any atom is 0.233 e. The lowest BCUT2D eigenvalue weighted by atomic mass is 9.78. The minimum absolute atomic E-state index is 0.0558. The molecular formula is C19H27N5OS. The highest BCUT2D eigenvalue weighted by atomic mass is 32.2. The third kappa shape index (κ3) is 4.09. The van der Waals surface area contributed by atoms with Crippen molar-refractivity contribution in [3.8, 4) is 5.69 Å². The molecule has 0 aliphatic heterocycles. The Morgan fingerprint density at radius 3 is 2.85 bits per heavy atom. The molecule has 0 spiro atoms. The van der Waals surface area contributed by atoms with Crippen LogP contribution < -0.4 is 5.32 Å². The van der Waals surface area contributed by atoms with E-state index in [1.54, 1.807) is 4.68 Å². The number of nitrogens with one attached hydrogen (secondary N) is 1. The highest BCUT2D eigenvalue weighted by molar-refractivity contribution is 8.00. The second kappa shape index (κ2) is 8.20. The fourth-order valence-corrected chi connectivity index (χ4v) is 4.31. The maximum absolute atomic E-state index is 12.7. The van der Waals surface area contributed by atoms with Crippen LogP contribution >= 0.6 is 11.8 Å². The van der Waals surface area contributed by atoms with Gasteiger partial charge in [0.15, 0.2) is 0 Å². The van der Waals surface area contributed by atoms with Gasteiger partial charge in [-0.3, -0.25) is 4.79 Å². The van der Waals surface area contributed by atoms with E-state index >= 15 is 0 Å². The van der Waals surface area contributed by atoms with Crippen LogP contribution in [0.15, 0.2) is 29.4 Å². The van der Waals surface area contributed by atoms with Crippen LogP contribution in [0.3, 0.4) is 0 Å². The summed E-state index contributed by atoms with van der Waals surface area (Å²) in [6, 6.07) is 8.21. The number of para-hydroxylation sites is 1. The maximum atomic E-state index is 12.7. The van der Waals surface area contributed by atoms with Crippen LogP contribution in [0.1, 0.15) is 45.6 Å². The quantitative estimate of drug-likeness (QED) is 0.813. The summed E-state index contributed by atoms with van der Waals surface area (Å²) in [4.78, 5) is 12.7. The predicted molar refractivity (Wildman–Crippen MR) is 103 cm³/mol. The van der Waals surface area contributed by atoms with Crippen molar-refractivity contribution in [1.29, 1.82) is 0 Å². The molecule has 0 bridgehead atoms. The van der Waals surface area contributed by atoms with Gasteiger partial charge in [0, 0.05) is 6.04 Å². The molecule has 1 aliphatic rings. The number of aromatic nitrogens is 4. The second-order valence-corrected chi connectivity index (χ2v) is 8.61. The van der Waals surface area contributed by atoms with Gasteiger partial charge in [0.1, 0.15) is 0 Å². The third-order valence-electron chi connectivity index (χ3n) is 5.47. The fraction of sp³-hybridized carbons (Fsp3) is 0.579. The standard InChI is InChI=1S/C19H27N5OS/c1-12-9-7-10-16(14(12)3)20-18(25)15(4)26-19-21-22-23-24(19)17-11-6-5-8-13(17)2/h5-6,8,11-12,14-16H,7,9-10H2,1-4H3,(H,20,25)/t12-,14-,15+,16+/m0/s1. The summed E-state index contributed by atoms with van der Waals surface area (Å²) < 4.78 is 1.70. The largest absolute Gasteiger partial charge is 0.352 e. The number of benzene rings is 1. The van der Waals surface area contributed by atoms with Crippen LogP contribution in [-0.2, 0) is 4.79 Å². The van der Waals surface area contributed by atoms with Crippen LogP contribution in [0.5, 0.6) is 0 Å². The van der Waals surface area contributed by atoms with Crippen LogP contribution in [0.4, 0.5) is 0 Å². The number of amides is 1. The normalized spacial score (nSPS) is 24.2. The molecular weight excluding hydrogens is 346 g/mol. The number of carbonyl (C=O) groups excluding carboxylic acids is 1. The number of nitrogens with zero attached hydrogens (tertiary/aromatic N) is 4. The van der Waals surface area contributed by atoms with Crippen molar-refractivity contribution in [1.82, 2.24) is 25.5 Å². The van der Waals surface area contributed by atoms with Crippen molar-refractivity contribution < 1.29 is 4.79 Å². The summed E-state index contributed by atoms with van der Waals surface area (Å²) in [5.41, 5.74) is 2.02. The van der Waals surface area contributed by atoms with E-state index in [4.69, 9.17) is 0 Å². The molecule has 1 heterocycles. The van der Waals surface area contributed by atoms with E-state index in [1.807, 2.05) is 38.1 Å². The van der Waals surface area contributed by atoms with Crippen molar-refractivity contribution in [2.24, 2.45) is 11.8 Å². The lowest BCUT2D eigenvalue weighted by molar-refractivity contribution is -0.121. The number of thioether (sulfide) groups is 1. The third-order valence-corrected chi connectivity index (χ3v) is 6.50. The molecule has 1 aliphatic carbocycles. The first-order chi connectivity index (χ1) is 12.5. The van der Waals surface area contributed by atoms with Gasteiger partial charge in [-0.15, -0.1) is 5.10 Å². The van der Waals surface area contributed by atoms with Crippen molar-refractivity contribution in [3.05, 3.63) is 29.8 Å². The van der Waals surface area contributed by atoms with E-state index in [9.17, 15) is 4.79 Å². The van der Waals surface area contributed by atoms with E-state index in [0.29, 0.717) is 17.0 Å². The second-order valence-electron chi connectivity index (χ2n) is 7.30. The fourth-order valence-electron chi connectivity index (χ4n) is 3.50. The Balaban J connectivity index is 1.67. The minimum Gasteiger partial charge on any atom is -0.352 e. The van der Waals surface area contributed by atoms with Crippen LogP contribution in [0.25, 0.3) is 5.69 Å². The molecule has 1 amide bonds. The van der Waals surface area contributed by atoms with Crippen molar-refractivity contribution in [2.45, 2.75) is 63.4 Å². The lowest BCUT2D eigenvalue weighted by Crippen LogP contribution is -2.46. The molecule has 140 valence electrons. The van der Waals surface area contributed by atoms with Crippen LogP contribution in [-0.4, -0.2) is 37.4 Å². The number of carbonyl (C=O) groups is 1. The molecule has 1 saturated carbocycles. The molecule has 4 atom stereocenters. The average molecular weight is 374 g/mol. The summed E-state index contributed by atoms with van der Waals surface area (Å²) in [6.45, 7) is 8.45. The topological polar surface area (TPSA) is 72.7 Å². The molecule has 0 saturated heterocycles. The van der Waals surface area contributed by atoms with Gasteiger partial charge >= 0.3 is 0 Å². The molecule has 2 aromatic rings. The van der Waals surface area contributed by atoms with E-state index in [-0.39, 0.29) is 17.2 Å². The Hall–Kier alpha value is -1.89. The summed E-state index contributed by atoms with van der Waals surface area (Å²) in [6.07, 6.45) is 3.50. The summed E-state index contributed by atoms with van der Waals surface area (Å²) in [5.74, 6) is 1.23. The van der Waals surface area contributed by atoms with E-state index < -0.39 is 0 Å². The minimum atomic E-state index is -0.256. The molecule has 0 unspecified atom stereocenters. The van der Waals surface area contributed by atoms with E-state index in [2.05, 4.69) is 34.7 Å². The van der Waals surface area contributed by atoms with Gasteiger partial charge < -0.3 is 5.32 Å². The molecule has 1 aromatic heterocycles. The Labute approximate surface area is 159 Å².